The number of fused-ring (bicyclic) bond motifs is 1. The van der Waals surface area contributed by atoms with Crippen LogP contribution in [0.3, 0.4) is 0 Å². The molecule has 142 valence electrons. The molecule has 2 aliphatic heterocycles. The molecule has 0 amide bonds. The molecule has 0 aliphatic carbocycles. The van der Waals surface area contributed by atoms with Crippen molar-refractivity contribution in [1.82, 2.24) is 14.8 Å². The number of hydrogen-bond donors (Lipinski definition) is 0. The van der Waals surface area contributed by atoms with E-state index in [0.29, 0.717) is 22.7 Å². The molecule has 1 saturated heterocycles. The van der Waals surface area contributed by atoms with Gasteiger partial charge in [-0.05, 0) is 39.4 Å². The second-order valence-corrected chi connectivity index (χ2v) is 7.57. The number of rotatable bonds is 3. The van der Waals surface area contributed by atoms with Gasteiger partial charge in [0.25, 0.3) is 0 Å². The first-order chi connectivity index (χ1) is 12.9. The molecule has 1 fully saturated rings. The Kier molecular flexibility index (Phi) is 5.83. The number of piperazine rings is 1. The van der Waals surface area contributed by atoms with Crippen molar-refractivity contribution in [2.24, 2.45) is 10.1 Å². The minimum Gasteiger partial charge on any atom is -0.338 e. The number of hydrogen-bond acceptors (Lipinski definition) is 6. The van der Waals surface area contributed by atoms with E-state index in [9.17, 15) is 5.26 Å². The summed E-state index contributed by atoms with van der Waals surface area (Å²) >= 11 is 6.28. The fraction of sp³-hybridized carbons (Fsp3) is 0.450. The minimum absolute atomic E-state index is 0.0923. The predicted molar refractivity (Wildman–Crippen MR) is 111 cm³/mol. The van der Waals surface area contributed by atoms with Gasteiger partial charge in [0.2, 0.25) is 5.96 Å². The molecule has 3 rings (SSSR count). The summed E-state index contributed by atoms with van der Waals surface area (Å²) in [7, 11) is 2.12. The molecule has 1 aromatic rings. The van der Waals surface area contributed by atoms with Crippen LogP contribution in [0.15, 0.2) is 34.9 Å². The molecule has 0 bridgehead atoms. The average molecular weight is 385 g/mol. The third-order valence-corrected chi connectivity index (χ3v) is 5.00. The summed E-state index contributed by atoms with van der Waals surface area (Å²) in [6, 6.07) is 5.73. The van der Waals surface area contributed by atoms with Gasteiger partial charge in [-0.1, -0.05) is 17.7 Å². The Balaban J connectivity index is 2.17. The quantitative estimate of drug-likeness (QED) is 0.587. The van der Waals surface area contributed by atoms with Crippen LogP contribution in [0.2, 0.25) is 5.02 Å². The molecule has 0 radical (unpaired) electrons. The zero-order chi connectivity index (χ0) is 19.6. The molecule has 2 aliphatic rings. The Morgan fingerprint density at radius 1 is 1.37 bits per heavy atom. The van der Waals surface area contributed by atoms with E-state index >= 15 is 0 Å². The van der Waals surface area contributed by atoms with Crippen molar-refractivity contribution in [3.63, 3.8) is 0 Å². The van der Waals surface area contributed by atoms with E-state index in [4.69, 9.17) is 21.7 Å². The van der Waals surface area contributed by atoms with Crippen molar-refractivity contribution < 1.29 is 0 Å². The smallest absolute Gasteiger partial charge is 0.223 e. The van der Waals surface area contributed by atoms with Crippen LogP contribution in [0, 0.1) is 11.3 Å². The van der Waals surface area contributed by atoms with E-state index in [1.807, 2.05) is 31.0 Å². The first-order valence-corrected chi connectivity index (χ1v) is 9.50. The summed E-state index contributed by atoms with van der Waals surface area (Å²) in [5, 5.41) is 16.9. The maximum Gasteiger partial charge on any atom is 0.223 e. The molecule has 7 heteroatoms. The number of guanidine groups is 1. The summed E-state index contributed by atoms with van der Waals surface area (Å²) in [5.41, 5.74) is 3.05. The highest BCUT2D eigenvalue weighted by Gasteiger charge is 2.35. The van der Waals surface area contributed by atoms with Crippen LogP contribution in [0.1, 0.15) is 37.4 Å². The van der Waals surface area contributed by atoms with Gasteiger partial charge in [0.05, 0.1) is 17.3 Å². The van der Waals surface area contributed by atoms with E-state index in [-0.39, 0.29) is 6.04 Å². The maximum absolute atomic E-state index is 9.62. The Hall–Kier alpha value is -2.36. The highest BCUT2D eigenvalue weighted by molar-refractivity contribution is 6.31. The summed E-state index contributed by atoms with van der Waals surface area (Å²) in [5.74, 6) is 0.794. The number of halogens is 1. The fourth-order valence-corrected chi connectivity index (χ4v) is 3.67. The van der Waals surface area contributed by atoms with Gasteiger partial charge >= 0.3 is 0 Å². The topological polar surface area (TPSA) is 58.2 Å². The zero-order valence-electron chi connectivity index (χ0n) is 16.1. The van der Waals surface area contributed by atoms with Crippen molar-refractivity contribution in [3.05, 3.63) is 40.9 Å². The van der Waals surface area contributed by atoms with Crippen LogP contribution in [0.4, 0.5) is 5.69 Å². The van der Waals surface area contributed by atoms with Gasteiger partial charge in [-0.25, -0.2) is 10.0 Å². The van der Waals surface area contributed by atoms with E-state index in [1.165, 1.54) is 0 Å². The van der Waals surface area contributed by atoms with Gasteiger partial charge < -0.3 is 9.80 Å². The molecule has 1 atom stereocenters. The molecule has 1 aromatic carbocycles. The van der Waals surface area contributed by atoms with Crippen LogP contribution in [0.25, 0.3) is 0 Å². The Labute approximate surface area is 166 Å². The Morgan fingerprint density at radius 3 is 2.67 bits per heavy atom. The van der Waals surface area contributed by atoms with Crippen LogP contribution < -0.4 is 0 Å². The lowest BCUT2D eigenvalue weighted by molar-refractivity contribution is 0.184. The molecule has 0 N–H and O–H groups in total. The molecule has 0 spiro atoms. The summed E-state index contributed by atoms with van der Waals surface area (Å²) in [6.45, 7) is 11.5. The van der Waals surface area contributed by atoms with Gasteiger partial charge in [-0.2, -0.15) is 10.4 Å². The maximum atomic E-state index is 9.62. The third-order valence-electron chi connectivity index (χ3n) is 4.78. The SMILES string of the molecule is C=CCC1c2cc(Cl)cc(C#N)c2N=C(N2CCN(C)CC2)N1N=C(C)C. The van der Waals surface area contributed by atoms with E-state index < -0.39 is 0 Å². The highest BCUT2D eigenvalue weighted by Crippen LogP contribution is 2.41. The van der Waals surface area contributed by atoms with Gasteiger partial charge in [0.15, 0.2) is 0 Å². The van der Waals surface area contributed by atoms with Gasteiger partial charge in [0.1, 0.15) is 6.07 Å². The summed E-state index contributed by atoms with van der Waals surface area (Å²) in [4.78, 5) is 9.45. The molecule has 2 heterocycles. The average Bonchev–Trinajstić information content (AvgIpc) is 2.63. The molecule has 6 nitrogen and oxygen atoms in total. The van der Waals surface area contributed by atoms with Crippen LogP contribution in [-0.2, 0) is 0 Å². The molecule has 1 unspecified atom stereocenters. The molecule has 27 heavy (non-hydrogen) atoms. The van der Waals surface area contributed by atoms with Crippen molar-refractivity contribution in [2.75, 3.05) is 33.2 Å². The van der Waals surface area contributed by atoms with E-state index in [1.54, 1.807) is 6.07 Å². The lowest BCUT2D eigenvalue weighted by Crippen LogP contribution is -2.53. The molecular formula is C20H25ClN6. The standard InChI is InChI=1S/C20H25ClN6/c1-5-6-18-17-12-16(21)11-15(13-22)19(17)23-20(27(18)24-14(2)3)26-9-7-25(4)8-10-26/h5,11-12,18H,1,6-10H2,2-4H3. The number of nitrogens with zero attached hydrogens (tertiary/aromatic N) is 6. The zero-order valence-corrected chi connectivity index (χ0v) is 16.9. The van der Waals surface area contributed by atoms with Crippen LogP contribution in [0.5, 0.6) is 0 Å². The Bertz CT molecular complexity index is 826. The van der Waals surface area contributed by atoms with Crippen molar-refractivity contribution in [2.45, 2.75) is 26.3 Å². The molecule has 0 saturated carbocycles. The normalized spacial score (nSPS) is 19.8. The Morgan fingerprint density at radius 2 is 2.07 bits per heavy atom. The summed E-state index contributed by atoms with van der Waals surface area (Å²) in [6.07, 6.45) is 2.56. The summed E-state index contributed by atoms with van der Waals surface area (Å²) < 4.78 is 0. The van der Waals surface area contributed by atoms with Crippen molar-refractivity contribution in [1.29, 1.82) is 5.26 Å². The fourth-order valence-electron chi connectivity index (χ4n) is 3.44. The largest absolute Gasteiger partial charge is 0.338 e. The molecule has 0 aromatic heterocycles. The third kappa shape index (κ3) is 4.00. The first-order valence-electron chi connectivity index (χ1n) is 9.12. The lowest BCUT2D eigenvalue weighted by atomic mass is 9.96. The van der Waals surface area contributed by atoms with E-state index in [0.717, 1.165) is 43.4 Å². The highest BCUT2D eigenvalue weighted by atomic mass is 35.5. The lowest BCUT2D eigenvalue weighted by Gasteiger charge is -2.42. The van der Waals surface area contributed by atoms with Crippen LogP contribution >= 0.6 is 11.6 Å². The van der Waals surface area contributed by atoms with Gasteiger partial charge in [-0.15, -0.1) is 6.58 Å². The second-order valence-electron chi connectivity index (χ2n) is 7.14. The van der Waals surface area contributed by atoms with E-state index in [2.05, 4.69) is 29.5 Å². The van der Waals surface area contributed by atoms with Crippen LogP contribution in [-0.4, -0.2) is 59.7 Å². The molecular weight excluding hydrogens is 360 g/mol. The number of hydrazone groups is 1. The number of aliphatic imine (C=N–C) groups is 1. The number of benzene rings is 1. The number of nitriles is 1. The number of likely N-dealkylation sites (N-methyl/N-ethyl adjacent to an activating group) is 1. The minimum atomic E-state index is -0.0923. The predicted octanol–water partition coefficient (Wildman–Crippen LogP) is 3.78. The van der Waals surface area contributed by atoms with Gasteiger partial charge in [-0.3, -0.25) is 0 Å². The van der Waals surface area contributed by atoms with Gasteiger partial charge in [0, 0.05) is 42.5 Å². The monoisotopic (exact) mass is 384 g/mol. The second kappa shape index (κ2) is 8.12. The first kappa shape index (κ1) is 19.4. The van der Waals surface area contributed by atoms with Crippen molar-refractivity contribution >= 4 is 29.0 Å². The van der Waals surface area contributed by atoms with Crippen molar-refractivity contribution in [3.8, 4) is 6.07 Å².